The third-order valence-electron chi connectivity index (χ3n) is 2.52. The summed E-state index contributed by atoms with van der Waals surface area (Å²) in [6, 6.07) is 0. The molecule has 1 fully saturated rings. The number of alkyl halides is 1. The fourth-order valence-corrected chi connectivity index (χ4v) is 5.06. The van der Waals surface area contributed by atoms with Gasteiger partial charge in [-0.25, -0.2) is 8.42 Å². The van der Waals surface area contributed by atoms with Gasteiger partial charge in [-0.05, 0) is 25.2 Å². The van der Waals surface area contributed by atoms with Crippen LogP contribution in [-0.2, 0) is 9.84 Å². The lowest BCUT2D eigenvalue weighted by Gasteiger charge is -2.29. The first kappa shape index (κ1) is 10.5. The Balaban J connectivity index is 2.69. The molecule has 0 aromatic rings. The summed E-state index contributed by atoms with van der Waals surface area (Å²) in [6.07, 6.45) is 4.18. The summed E-state index contributed by atoms with van der Waals surface area (Å²) in [7, 11) is -2.85. The Morgan fingerprint density at radius 1 is 1.33 bits per heavy atom. The van der Waals surface area contributed by atoms with Crippen LogP contribution >= 0.6 is 15.9 Å². The highest BCUT2D eigenvalue weighted by Crippen LogP contribution is 2.32. The molecule has 0 spiro atoms. The minimum atomic E-state index is -2.85. The first-order valence-electron chi connectivity index (χ1n) is 4.24. The van der Waals surface area contributed by atoms with E-state index in [2.05, 4.69) is 22.9 Å². The molecule has 0 N–H and O–H groups in total. The van der Waals surface area contributed by atoms with E-state index in [0.29, 0.717) is 5.92 Å². The molecular weight excluding hydrogens is 240 g/mol. The molecule has 0 aromatic heterocycles. The largest absolute Gasteiger partial charge is 0.229 e. The second-order valence-corrected chi connectivity index (χ2v) is 7.24. The molecule has 1 aliphatic rings. The molecule has 4 heteroatoms. The number of hydrogen-bond donors (Lipinski definition) is 0. The van der Waals surface area contributed by atoms with E-state index in [4.69, 9.17) is 0 Å². The van der Waals surface area contributed by atoms with E-state index >= 15 is 0 Å². The Morgan fingerprint density at radius 3 is 2.33 bits per heavy atom. The molecule has 1 saturated carbocycles. The maximum absolute atomic E-state index is 11.3. The van der Waals surface area contributed by atoms with Crippen molar-refractivity contribution in [2.45, 2.75) is 36.3 Å². The summed E-state index contributed by atoms with van der Waals surface area (Å²) in [5.41, 5.74) is 0. The molecule has 1 rings (SSSR count). The zero-order valence-electron chi connectivity index (χ0n) is 7.46. The van der Waals surface area contributed by atoms with Crippen molar-refractivity contribution in [2.75, 3.05) is 6.26 Å². The minimum Gasteiger partial charge on any atom is -0.229 e. The highest BCUT2D eigenvalue weighted by Gasteiger charge is 2.33. The van der Waals surface area contributed by atoms with Crippen LogP contribution in [0.15, 0.2) is 0 Å². The summed E-state index contributed by atoms with van der Waals surface area (Å²) in [5, 5.41) is -0.159. The molecule has 0 heterocycles. The normalized spacial score (nSPS) is 38.1. The zero-order chi connectivity index (χ0) is 9.35. The summed E-state index contributed by atoms with van der Waals surface area (Å²) in [5.74, 6) is 0.660. The third-order valence-corrected chi connectivity index (χ3v) is 5.55. The number of rotatable bonds is 1. The lowest BCUT2D eigenvalue weighted by atomic mass is 9.90. The fraction of sp³-hybridized carbons (Fsp3) is 1.00. The molecule has 0 bridgehead atoms. The van der Waals surface area contributed by atoms with Crippen LogP contribution in [0, 0.1) is 5.92 Å². The van der Waals surface area contributed by atoms with Gasteiger partial charge in [-0.1, -0.05) is 22.9 Å². The molecular formula is C8H15BrO2S. The second kappa shape index (κ2) is 3.66. The lowest BCUT2D eigenvalue weighted by Crippen LogP contribution is -2.34. The van der Waals surface area contributed by atoms with Crippen LogP contribution in [-0.4, -0.2) is 24.8 Å². The van der Waals surface area contributed by atoms with E-state index in [1.54, 1.807) is 0 Å². The summed E-state index contributed by atoms with van der Waals surface area (Å²) in [6.45, 7) is 2.17. The van der Waals surface area contributed by atoms with Gasteiger partial charge in [0.1, 0.15) is 0 Å². The van der Waals surface area contributed by atoms with Crippen molar-refractivity contribution >= 4 is 25.8 Å². The first-order chi connectivity index (χ1) is 5.41. The molecule has 0 saturated heterocycles. The Morgan fingerprint density at radius 2 is 1.92 bits per heavy atom. The van der Waals surface area contributed by atoms with Crippen LogP contribution in [0.1, 0.15) is 26.2 Å². The molecule has 0 amide bonds. The van der Waals surface area contributed by atoms with Gasteiger partial charge in [0.2, 0.25) is 0 Å². The molecule has 0 aliphatic heterocycles. The van der Waals surface area contributed by atoms with Crippen LogP contribution < -0.4 is 0 Å². The lowest BCUT2D eigenvalue weighted by molar-refractivity contribution is 0.395. The van der Waals surface area contributed by atoms with Crippen molar-refractivity contribution in [1.29, 1.82) is 0 Å². The Kier molecular flexibility index (Phi) is 3.21. The van der Waals surface area contributed by atoms with Crippen molar-refractivity contribution in [3.05, 3.63) is 0 Å². The molecule has 0 aromatic carbocycles. The van der Waals surface area contributed by atoms with Gasteiger partial charge < -0.3 is 0 Å². The first-order valence-corrected chi connectivity index (χ1v) is 7.11. The number of sulfone groups is 1. The van der Waals surface area contributed by atoms with Crippen LogP contribution in [0.3, 0.4) is 0 Å². The maximum Gasteiger partial charge on any atom is 0.151 e. The number of halogens is 1. The fourth-order valence-electron chi connectivity index (χ4n) is 1.77. The maximum atomic E-state index is 11.3. The van der Waals surface area contributed by atoms with Gasteiger partial charge in [0, 0.05) is 11.1 Å². The number of hydrogen-bond acceptors (Lipinski definition) is 2. The highest BCUT2D eigenvalue weighted by atomic mass is 79.9. The van der Waals surface area contributed by atoms with E-state index in [1.807, 2.05) is 0 Å². The van der Waals surface area contributed by atoms with E-state index in [0.717, 1.165) is 19.3 Å². The average molecular weight is 255 g/mol. The predicted octanol–water partition coefficient (Wildman–Crippen LogP) is 1.98. The summed E-state index contributed by atoms with van der Waals surface area (Å²) in [4.78, 5) is 0.163. The molecule has 72 valence electrons. The van der Waals surface area contributed by atoms with Crippen LogP contribution in [0.5, 0.6) is 0 Å². The van der Waals surface area contributed by atoms with Gasteiger partial charge in [0.25, 0.3) is 0 Å². The van der Waals surface area contributed by atoms with Crippen molar-refractivity contribution in [2.24, 2.45) is 5.92 Å². The van der Waals surface area contributed by atoms with Crippen molar-refractivity contribution < 1.29 is 8.42 Å². The standard InChI is InChI=1S/C8H15BrO2S/c1-6-3-4-8(7(9)5-6)12(2,10)11/h6-8H,3-5H2,1-2H3. The van der Waals surface area contributed by atoms with Gasteiger partial charge in [0.15, 0.2) is 9.84 Å². The minimum absolute atomic E-state index is 0.159. The molecule has 1 aliphatic carbocycles. The van der Waals surface area contributed by atoms with E-state index < -0.39 is 9.84 Å². The molecule has 3 unspecified atom stereocenters. The molecule has 3 atom stereocenters. The third kappa shape index (κ3) is 2.46. The topological polar surface area (TPSA) is 34.1 Å². The molecule has 2 nitrogen and oxygen atoms in total. The quantitative estimate of drug-likeness (QED) is 0.671. The Labute approximate surface area is 82.8 Å². The van der Waals surface area contributed by atoms with Gasteiger partial charge in [-0.15, -0.1) is 0 Å². The Hall–Kier alpha value is 0.430. The van der Waals surface area contributed by atoms with E-state index in [9.17, 15) is 8.42 Å². The smallest absolute Gasteiger partial charge is 0.151 e. The summed E-state index contributed by atoms with van der Waals surface area (Å²) >= 11 is 3.45. The van der Waals surface area contributed by atoms with Crippen LogP contribution in [0.25, 0.3) is 0 Å². The van der Waals surface area contributed by atoms with Crippen LogP contribution in [0.4, 0.5) is 0 Å². The summed E-state index contributed by atoms with van der Waals surface area (Å²) < 4.78 is 22.5. The van der Waals surface area contributed by atoms with Gasteiger partial charge in [0.05, 0.1) is 5.25 Å². The highest BCUT2D eigenvalue weighted by molar-refractivity contribution is 9.09. The Bertz CT molecular complexity index is 248. The van der Waals surface area contributed by atoms with Gasteiger partial charge >= 0.3 is 0 Å². The second-order valence-electron chi connectivity index (χ2n) is 3.80. The van der Waals surface area contributed by atoms with Crippen LogP contribution in [0.2, 0.25) is 0 Å². The predicted molar refractivity (Wildman–Crippen MR) is 54.4 cm³/mol. The van der Waals surface area contributed by atoms with Crippen molar-refractivity contribution in [1.82, 2.24) is 0 Å². The van der Waals surface area contributed by atoms with Gasteiger partial charge in [-0.3, -0.25) is 0 Å². The van der Waals surface area contributed by atoms with E-state index in [-0.39, 0.29) is 10.1 Å². The zero-order valence-corrected chi connectivity index (χ0v) is 9.86. The van der Waals surface area contributed by atoms with Crippen molar-refractivity contribution in [3.8, 4) is 0 Å². The SMILES string of the molecule is CC1CCC(S(C)(=O)=O)C(Br)C1. The molecule has 0 radical (unpaired) electrons. The average Bonchev–Trinajstić information content (AvgIpc) is 1.83. The monoisotopic (exact) mass is 254 g/mol. The van der Waals surface area contributed by atoms with Gasteiger partial charge in [-0.2, -0.15) is 0 Å². The molecule has 12 heavy (non-hydrogen) atoms. The van der Waals surface area contributed by atoms with Crippen molar-refractivity contribution in [3.63, 3.8) is 0 Å². The van der Waals surface area contributed by atoms with E-state index in [1.165, 1.54) is 6.26 Å².